The van der Waals surface area contributed by atoms with Crippen molar-refractivity contribution in [2.24, 2.45) is 0 Å². The molecule has 23 heavy (non-hydrogen) atoms. The average Bonchev–Trinajstić information content (AvgIpc) is 2.55. The maximum atomic E-state index is 9.69. The lowest BCUT2D eigenvalue weighted by Crippen LogP contribution is -2.02. The molecule has 0 bridgehead atoms. The van der Waals surface area contributed by atoms with E-state index < -0.39 is 0 Å². The quantitative estimate of drug-likeness (QED) is 0.239. The molecule has 0 aromatic heterocycles. The van der Waals surface area contributed by atoms with Gasteiger partial charge >= 0.3 is 0 Å². The number of unbranched alkanes of at least 4 members (excludes halogenated alkanes) is 14. The normalized spacial score (nSPS) is 12.0. The summed E-state index contributed by atoms with van der Waals surface area (Å²) in [4.78, 5) is 0. The van der Waals surface area contributed by atoms with Gasteiger partial charge in [0, 0.05) is 6.42 Å². The van der Waals surface area contributed by atoms with Crippen LogP contribution >= 0.6 is 0 Å². The Morgan fingerprint density at radius 1 is 0.609 bits per heavy atom. The molecule has 0 saturated carbocycles. The SMILES string of the molecule is CCCC#C[C@H](O)CCCCCCCCCCCCCCCC. The van der Waals surface area contributed by atoms with Crippen LogP contribution in [0.1, 0.15) is 123 Å². The van der Waals surface area contributed by atoms with Crippen LogP contribution in [0.2, 0.25) is 0 Å². The van der Waals surface area contributed by atoms with Gasteiger partial charge in [0.2, 0.25) is 0 Å². The Labute approximate surface area is 146 Å². The minimum atomic E-state index is -0.390. The summed E-state index contributed by atoms with van der Waals surface area (Å²) >= 11 is 0. The summed E-state index contributed by atoms with van der Waals surface area (Å²) in [6, 6.07) is 0. The van der Waals surface area contributed by atoms with E-state index >= 15 is 0 Å². The molecule has 0 rings (SSSR count). The van der Waals surface area contributed by atoms with Crippen LogP contribution in [0.25, 0.3) is 0 Å². The molecule has 136 valence electrons. The molecule has 0 amide bonds. The van der Waals surface area contributed by atoms with Crippen LogP contribution in [0.15, 0.2) is 0 Å². The second kappa shape index (κ2) is 19.6. The third-order valence-corrected chi connectivity index (χ3v) is 4.47. The molecule has 0 aromatic carbocycles. The Morgan fingerprint density at radius 2 is 1.04 bits per heavy atom. The van der Waals surface area contributed by atoms with Gasteiger partial charge in [-0.05, 0) is 19.3 Å². The summed E-state index contributed by atoms with van der Waals surface area (Å²) in [6.45, 7) is 4.40. The zero-order chi connectivity index (χ0) is 17.0. The fourth-order valence-corrected chi connectivity index (χ4v) is 2.92. The van der Waals surface area contributed by atoms with Crippen molar-refractivity contribution in [2.75, 3.05) is 0 Å². The molecule has 0 radical (unpaired) electrons. The van der Waals surface area contributed by atoms with E-state index in [1.807, 2.05) is 0 Å². The fraction of sp³-hybridized carbons (Fsp3) is 0.909. The van der Waals surface area contributed by atoms with E-state index in [-0.39, 0.29) is 6.10 Å². The van der Waals surface area contributed by atoms with Gasteiger partial charge in [0.05, 0.1) is 0 Å². The molecule has 1 heteroatoms. The minimum absolute atomic E-state index is 0.390. The molecular weight excluding hydrogens is 280 g/mol. The molecule has 1 N–H and O–H groups in total. The monoisotopic (exact) mass is 322 g/mol. The van der Waals surface area contributed by atoms with Gasteiger partial charge in [0.25, 0.3) is 0 Å². The van der Waals surface area contributed by atoms with Crippen LogP contribution in [-0.2, 0) is 0 Å². The first-order chi connectivity index (χ1) is 11.3. The number of aliphatic hydroxyl groups excluding tert-OH is 1. The van der Waals surface area contributed by atoms with Crippen molar-refractivity contribution in [3.63, 3.8) is 0 Å². The molecule has 0 aliphatic heterocycles. The lowest BCUT2D eigenvalue weighted by Gasteiger charge is -2.04. The van der Waals surface area contributed by atoms with Crippen LogP contribution < -0.4 is 0 Å². The second-order valence-corrected chi connectivity index (χ2v) is 6.97. The Balaban J connectivity index is 3.12. The Hall–Kier alpha value is -0.480. The first kappa shape index (κ1) is 22.5. The van der Waals surface area contributed by atoms with Gasteiger partial charge in [0.1, 0.15) is 6.10 Å². The van der Waals surface area contributed by atoms with E-state index in [2.05, 4.69) is 25.7 Å². The summed E-state index contributed by atoms with van der Waals surface area (Å²) < 4.78 is 0. The van der Waals surface area contributed by atoms with E-state index in [1.54, 1.807) is 0 Å². The maximum Gasteiger partial charge on any atom is 0.114 e. The molecular formula is C22H42O. The summed E-state index contributed by atoms with van der Waals surface area (Å²) in [5, 5.41) is 9.69. The molecule has 1 nitrogen and oxygen atoms in total. The second-order valence-electron chi connectivity index (χ2n) is 6.97. The van der Waals surface area contributed by atoms with Gasteiger partial charge in [-0.25, -0.2) is 0 Å². The molecule has 0 aliphatic carbocycles. The smallest absolute Gasteiger partial charge is 0.114 e. The standard InChI is InChI=1S/C22H42O/c1-3-5-7-8-9-10-11-12-13-14-15-16-17-19-21-22(23)20-18-6-4-2/h22-23H,3-17,19,21H2,1-2H3/t22-/m0/s1. The summed E-state index contributed by atoms with van der Waals surface area (Å²) in [7, 11) is 0. The van der Waals surface area contributed by atoms with Crippen LogP contribution in [0.5, 0.6) is 0 Å². The molecule has 0 aromatic rings. The zero-order valence-electron chi connectivity index (χ0n) is 16.0. The van der Waals surface area contributed by atoms with Crippen molar-refractivity contribution in [1.29, 1.82) is 0 Å². The van der Waals surface area contributed by atoms with Gasteiger partial charge in [-0.15, -0.1) is 5.92 Å². The molecule has 0 fully saturated rings. The number of hydrogen-bond donors (Lipinski definition) is 1. The molecule has 1 atom stereocenters. The molecule has 0 saturated heterocycles. The van der Waals surface area contributed by atoms with Crippen LogP contribution in [0.3, 0.4) is 0 Å². The fourth-order valence-electron chi connectivity index (χ4n) is 2.92. The molecule has 0 spiro atoms. The van der Waals surface area contributed by atoms with E-state index in [0.29, 0.717) is 0 Å². The Bertz CT molecular complexity index is 273. The third kappa shape index (κ3) is 19.5. The predicted molar refractivity (Wildman–Crippen MR) is 104 cm³/mol. The lowest BCUT2D eigenvalue weighted by atomic mass is 10.0. The third-order valence-electron chi connectivity index (χ3n) is 4.47. The topological polar surface area (TPSA) is 20.2 Å². The number of rotatable bonds is 16. The van der Waals surface area contributed by atoms with Crippen molar-refractivity contribution < 1.29 is 5.11 Å². The molecule has 0 unspecified atom stereocenters. The van der Waals surface area contributed by atoms with E-state index in [0.717, 1.165) is 25.7 Å². The van der Waals surface area contributed by atoms with Crippen molar-refractivity contribution in [3.8, 4) is 11.8 Å². The van der Waals surface area contributed by atoms with Gasteiger partial charge < -0.3 is 5.11 Å². The van der Waals surface area contributed by atoms with Crippen LogP contribution in [0, 0.1) is 11.8 Å². The Morgan fingerprint density at radius 3 is 1.48 bits per heavy atom. The zero-order valence-corrected chi connectivity index (χ0v) is 16.0. The van der Waals surface area contributed by atoms with Crippen LogP contribution in [-0.4, -0.2) is 11.2 Å². The van der Waals surface area contributed by atoms with Crippen molar-refractivity contribution in [1.82, 2.24) is 0 Å². The highest BCUT2D eigenvalue weighted by atomic mass is 16.3. The lowest BCUT2D eigenvalue weighted by molar-refractivity contribution is 0.217. The number of hydrogen-bond acceptors (Lipinski definition) is 1. The van der Waals surface area contributed by atoms with Gasteiger partial charge in [-0.2, -0.15) is 0 Å². The van der Waals surface area contributed by atoms with E-state index in [4.69, 9.17) is 0 Å². The summed E-state index contributed by atoms with van der Waals surface area (Å²) in [5.41, 5.74) is 0. The number of aliphatic hydroxyl groups is 1. The maximum absolute atomic E-state index is 9.69. The van der Waals surface area contributed by atoms with Crippen LogP contribution in [0.4, 0.5) is 0 Å². The van der Waals surface area contributed by atoms with Crippen molar-refractivity contribution in [3.05, 3.63) is 0 Å². The summed E-state index contributed by atoms with van der Waals surface area (Å²) in [6.07, 6.45) is 21.8. The highest BCUT2D eigenvalue weighted by Gasteiger charge is 1.99. The highest BCUT2D eigenvalue weighted by molar-refractivity contribution is 5.03. The average molecular weight is 323 g/mol. The van der Waals surface area contributed by atoms with Gasteiger partial charge in [-0.1, -0.05) is 103 Å². The predicted octanol–water partition coefficient (Wildman–Crippen LogP) is 7.02. The van der Waals surface area contributed by atoms with Crippen molar-refractivity contribution >= 4 is 0 Å². The van der Waals surface area contributed by atoms with Gasteiger partial charge in [-0.3, -0.25) is 0 Å². The minimum Gasteiger partial charge on any atom is -0.380 e. The van der Waals surface area contributed by atoms with Gasteiger partial charge in [0.15, 0.2) is 0 Å². The Kier molecular flexibility index (Phi) is 19.2. The highest BCUT2D eigenvalue weighted by Crippen LogP contribution is 2.13. The molecule has 0 heterocycles. The van der Waals surface area contributed by atoms with E-state index in [9.17, 15) is 5.11 Å². The van der Waals surface area contributed by atoms with E-state index in [1.165, 1.54) is 83.5 Å². The largest absolute Gasteiger partial charge is 0.380 e. The summed E-state index contributed by atoms with van der Waals surface area (Å²) in [5.74, 6) is 5.97. The first-order valence-corrected chi connectivity index (χ1v) is 10.5. The first-order valence-electron chi connectivity index (χ1n) is 10.5. The van der Waals surface area contributed by atoms with Crippen molar-refractivity contribution in [2.45, 2.75) is 129 Å². The molecule has 0 aliphatic rings.